The number of hydrogen-bond donors (Lipinski definition) is 0. The molecule has 58 valence electrons. The van der Waals surface area contributed by atoms with Gasteiger partial charge >= 0.3 is 0 Å². The van der Waals surface area contributed by atoms with Gasteiger partial charge < -0.3 is 49.2 Å². The van der Waals surface area contributed by atoms with Gasteiger partial charge in [0.05, 0.1) is 0 Å². The molecule has 0 rings (SSSR count). The minimum atomic E-state index is -3.72. The maximum Gasteiger partial charge on any atom is 0 e. The normalized spacial score (nSPS) is 8.56. The van der Waals surface area contributed by atoms with Crippen molar-refractivity contribution in [3.05, 3.63) is 0 Å². The third-order valence-electron chi connectivity index (χ3n) is 0. The second-order valence-corrected chi connectivity index (χ2v) is 5.12. The zero-order valence-electron chi connectivity index (χ0n) is 3.71. The Kier molecular flexibility index (Phi) is 18.8. The van der Waals surface area contributed by atoms with Crippen LogP contribution in [0.25, 0.3) is 0 Å². The SMILES string of the molecule is [Mo].[O-]P([O-])(=S)[S-].[O-]S[O-]. The predicted molar refractivity (Wildman–Crippen MR) is 30.8 cm³/mol. The zero-order chi connectivity index (χ0) is 7.21. The molecule has 0 aliphatic rings. The van der Waals surface area contributed by atoms with Gasteiger partial charge in [-0.1, -0.05) is 0 Å². The summed E-state index contributed by atoms with van der Waals surface area (Å²) in [5.41, 5.74) is -3.72. The van der Waals surface area contributed by atoms with Crippen LogP contribution in [0.5, 0.6) is 0 Å². The van der Waals surface area contributed by atoms with Crippen LogP contribution in [0.4, 0.5) is 0 Å². The van der Waals surface area contributed by atoms with Crippen molar-refractivity contribution in [3.8, 4) is 0 Å². The molecule has 0 N–H and O–H groups in total. The number of rotatable bonds is 0. The third kappa shape index (κ3) is 174. The Bertz CT molecular complexity index is 71.6. The van der Waals surface area contributed by atoms with Crippen molar-refractivity contribution in [3.63, 3.8) is 0 Å². The maximum absolute atomic E-state index is 9.29. The van der Waals surface area contributed by atoms with E-state index in [1.54, 1.807) is 0 Å². The fraction of sp³-hybridized carbons (Fsp3) is 0. The summed E-state index contributed by atoms with van der Waals surface area (Å²) < 4.78 is 16.6. The van der Waals surface area contributed by atoms with E-state index in [-0.39, 0.29) is 21.1 Å². The molecule has 0 spiro atoms. The van der Waals surface area contributed by atoms with Crippen molar-refractivity contribution in [2.24, 2.45) is 0 Å². The van der Waals surface area contributed by atoms with Crippen LogP contribution in [0.3, 0.4) is 0 Å². The van der Waals surface area contributed by atoms with Crippen LogP contribution < -0.4 is 9.79 Å². The van der Waals surface area contributed by atoms with Crippen molar-refractivity contribution >= 4 is 42.1 Å². The molecule has 0 atom stereocenters. The molecule has 0 heterocycles. The first-order valence-electron chi connectivity index (χ1n) is 1.06. The average molecular weight is 287 g/mol. The molecule has 4 nitrogen and oxygen atoms in total. The summed E-state index contributed by atoms with van der Waals surface area (Å²) in [6, 6.07) is 0. The Morgan fingerprint density at radius 1 is 1.33 bits per heavy atom. The maximum atomic E-state index is 9.29. The van der Waals surface area contributed by atoms with E-state index in [0.717, 1.165) is 0 Å². The predicted octanol–water partition coefficient (Wildman–Crippen LogP) is -1.54. The third-order valence-corrected chi connectivity index (χ3v) is 0. The first-order chi connectivity index (χ1) is 3.41. The van der Waals surface area contributed by atoms with E-state index in [2.05, 4.69) is 24.1 Å². The summed E-state index contributed by atoms with van der Waals surface area (Å²) in [5, 5.41) is 0. The van der Waals surface area contributed by atoms with E-state index in [9.17, 15) is 9.79 Å². The molecule has 0 aliphatic carbocycles. The summed E-state index contributed by atoms with van der Waals surface area (Å²) in [5.74, 6) is 0. The van der Waals surface area contributed by atoms with Crippen LogP contribution >= 0.6 is 18.0 Å². The van der Waals surface area contributed by atoms with Crippen LogP contribution in [-0.4, -0.2) is 9.11 Å². The molecular weight excluding hydrogens is 287 g/mol. The standard InChI is InChI=1S/Mo.H3O2PS2.H2O2S/c;1-3(2,4)5;1-3-2/h;(H3,1,2,4,5);1-2H/p-5. The minimum absolute atomic E-state index is 0. The second kappa shape index (κ2) is 9.88. The van der Waals surface area contributed by atoms with Gasteiger partial charge in [-0.05, 0) is 0 Å². The summed E-state index contributed by atoms with van der Waals surface area (Å²) in [6.07, 6.45) is 0. The van der Waals surface area contributed by atoms with Gasteiger partial charge in [-0.25, -0.2) is 0 Å². The molecular formula is MoO4PS3-5. The van der Waals surface area contributed by atoms with Crippen LogP contribution in [0.15, 0.2) is 0 Å². The summed E-state index contributed by atoms with van der Waals surface area (Å²) in [4.78, 5) is 18.6. The Morgan fingerprint density at radius 3 is 1.33 bits per heavy atom. The van der Waals surface area contributed by atoms with Crippen LogP contribution in [0.2, 0.25) is 0 Å². The molecule has 0 bridgehead atoms. The topological polar surface area (TPSA) is 92.2 Å². The first-order valence-corrected chi connectivity index (χ1v) is 5.38. The van der Waals surface area contributed by atoms with E-state index in [1.807, 2.05) is 0 Å². The van der Waals surface area contributed by atoms with Crippen molar-refractivity contribution in [2.45, 2.75) is 0 Å². The molecule has 0 unspecified atom stereocenters. The molecule has 0 aromatic carbocycles. The van der Waals surface area contributed by atoms with Crippen molar-refractivity contribution < 1.29 is 40.0 Å². The summed E-state index contributed by atoms with van der Waals surface area (Å²) in [6.45, 7) is 0. The monoisotopic (exact) mass is 289 g/mol. The summed E-state index contributed by atoms with van der Waals surface area (Å²) >= 11 is 6.53. The van der Waals surface area contributed by atoms with Crippen LogP contribution in [0.1, 0.15) is 0 Å². The average Bonchev–Trinajstić information content (AvgIpc) is 1.27. The van der Waals surface area contributed by atoms with Gasteiger partial charge in [-0.3, -0.25) is 0 Å². The van der Waals surface area contributed by atoms with E-state index in [4.69, 9.17) is 9.11 Å². The van der Waals surface area contributed by atoms with Gasteiger partial charge in [0.1, 0.15) is 0 Å². The van der Waals surface area contributed by atoms with Gasteiger partial charge in [0, 0.05) is 21.1 Å². The first kappa shape index (κ1) is 17.1. The molecule has 9 heavy (non-hydrogen) atoms. The smallest absolute Gasteiger partial charge is 0 e. The van der Waals surface area contributed by atoms with Crippen molar-refractivity contribution in [2.75, 3.05) is 0 Å². The van der Waals surface area contributed by atoms with E-state index in [1.165, 1.54) is 0 Å². The zero-order valence-corrected chi connectivity index (χ0v) is 9.06. The Labute approximate surface area is 81.7 Å². The molecule has 0 saturated heterocycles. The van der Waals surface area contributed by atoms with Crippen LogP contribution in [-0.2, 0) is 45.1 Å². The Hall–Kier alpha value is 1.88. The van der Waals surface area contributed by atoms with Crippen LogP contribution in [0, 0.1) is 0 Å². The van der Waals surface area contributed by atoms with E-state index < -0.39 is 18.0 Å². The quantitative estimate of drug-likeness (QED) is 0.231. The van der Waals surface area contributed by atoms with Crippen molar-refractivity contribution in [1.82, 2.24) is 0 Å². The minimum Gasteiger partial charge on any atom is -0.850 e. The van der Waals surface area contributed by atoms with E-state index in [0.29, 0.717) is 0 Å². The molecule has 0 amide bonds. The molecule has 0 saturated carbocycles. The molecule has 0 aliphatic heterocycles. The molecule has 0 radical (unpaired) electrons. The Morgan fingerprint density at radius 2 is 1.33 bits per heavy atom. The second-order valence-electron chi connectivity index (χ2n) is 0.515. The van der Waals surface area contributed by atoms with Gasteiger partial charge in [0.2, 0.25) is 0 Å². The van der Waals surface area contributed by atoms with E-state index >= 15 is 0 Å². The fourth-order valence-corrected chi connectivity index (χ4v) is 0. The molecule has 0 aromatic rings. The van der Waals surface area contributed by atoms with Gasteiger partial charge in [0.25, 0.3) is 0 Å². The largest absolute Gasteiger partial charge is 0.850 e. The molecule has 9 heteroatoms. The van der Waals surface area contributed by atoms with Gasteiger partial charge in [-0.15, -0.1) is 0 Å². The molecule has 0 fully saturated rings. The summed E-state index contributed by atoms with van der Waals surface area (Å²) in [7, 11) is 0. The fourth-order valence-electron chi connectivity index (χ4n) is 0. The number of hydrogen-bond acceptors (Lipinski definition) is 7. The van der Waals surface area contributed by atoms with Gasteiger partial charge in [-0.2, -0.15) is 11.8 Å². The van der Waals surface area contributed by atoms with Crippen molar-refractivity contribution in [1.29, 1.82) is 0 Å². The molecule has 0 aromatic heterocycles. The Balaban J connectivity index is -0.0000000800. The van der Waals surface area contributed by atoms with Gasteiger partial charge in [0.15, 0.2) is 0 Å².